The summed E-state index contributed by atoms with van der Waals surface area (Å²) in [6.07, 6.45) is 1.12. The van der Waals surface area contributed by atoms with Gasteiger partial charge >= 0.3 is 6.09 Å². The summed E-state index contributed by atoms with van der Waals surface area (Å²) in [5, 5.41) is 12.0. The topological polar surface area (TPSA) is 193 Å². The molecule has 0 radical (unpaired) electrons. The molecule has 0 unspecified atom stereocenters. The summed E-state index contributed by atoms with van der Waals surface area (Å²) in [5.41, 5.74) is -1.33. The molecule has 276 valence electrons. The largest absolute Gasteiger partial charge is 0.444 e. The molecule has 2 saturated heterocycles. The van der Waals surface area contributed by atoms with Crippen molar-refractivity contribution < 1.29 is 43.0 Å². The van der Waals surface area contributed by atoms with E-state index in [-0.39, 0.29) is 24.8 Å². The first-order chi connectivity index (χ1) is 23.3. The summed E-state index contributed by atoms with van der Waals surface area (Å²) < 4.78 is 11.5. The van der Waals surface area contributed by atoms with Gasteiger partial charge in [-0.1, -0.05) is 18.9 Å². The van der Waals surface area contributed by atoms with E-state index in [1.54, 1.807) is 52.4 Å². The number of carbonyl (C=O) groups is 7. The molecule has 6 amide bonds. The van der Waals surface area contributed by atoms with Gasteiger partial charge in [-0.05, 0) is 71.7 Å². The van der Waals surface area contributed by atoms with E-state index in [1.165, 1.54) is 28.1 Å². The van der Waals surface area contributed by atoms with Crippen LogP contribution < -0.4 is 21.3 Å². The van der Waals surface area contributed by atoms with Crippen LogP contribution in [0, 0.1) is 11.8 Å². The number of Topliss-reactive ketones (excluding diaryl/α,β-unsaturated/α-hetero) is 1. The van der Waals surface area contributed by atoms with Crippen LogP contribution in [0.3, 0.4) is 0 Å². The quantitative estimate of drug-likeness (QED) is 0.218. The Balaban J connectivity index is 1.44. The predicted molar refractivity (Wildman–Crippen MR) is 183 cm³/mol. The molecule has 3 fully saturated rings. The number of ketones is 1. The summed E-state index contributed by atoms with van der Waals surface area (Å²) in [5.74, 6) is -4.41. The fourth-order valence-electron chi connectivity index (χ4n) is 6.39. The second kappa shape index (κ2) is 15.5. The molecule has 15 nitrogen and oxygen atoms in total. The lowest BCUT2D eigenvalue weighted by Crippen LogP contribution is -2.57. The Bertz CT molecular complexity index is 1470. The third-order valence-electron chi connectivity index (χ3n) is 8.80. The van der Waals surface area contributed by atoms with Gasteiger partial charge in [0.2, 0.25) is 29.4 Å². The van der Waals surface area contributed by atoms with Gasteiger partial charge in [0, 0.05) is 31.4 Å². The van der Waals surface area contributed by atoms with E-state index in [0.29, 0.717) is 11.3 Å². The molecule has 1 aliphatic carbocycles. The molecule has 0 bridgehead atoms. The van der Waals surface area contributed by atoms with Crippen molar-refractivity contribution in [3.63, 3.8) is 0 Å². The highest BCUT2D eigenvalue weighted by Crippen LogP contribution is 2.43. The van der Waals surface area contributed by atoms with E-state index in [1.807, 2.05) is 13.8 Å². The van der Waals surface area contributed by atoms with Crippen LogP contribution in [0.1, 0.15) is 78.1 Å². The predicted octanol–water partition coefficient (Wildman–Crippen LogP) is 1.27. The van der Waals surface area contributed by atoms with Gasteiger partial charge in [-0.15, -0.1) is 11.3 Å². The van der Waals surface area contributed by atoms with Crippen molar-refractivity contribution >= 4 is 52.7 Å². The molecule has 2 aliphatic heterocycles. The molecule has 1 aromatic rings. The van der Waals surface area contributed by atoms with E-state index >= 15 is 0 Å². The fourth-order valence-corrected chi connectivity index (χ4v) is 7.16. The summed E-state index contributed by atoms with van der Waals surface area (Å²) in [6, 6.07) is -0.748. The second-order valence-electron chi connectivity index (χ2n) is 15.1. The van der Waals surface area contributed by atoms with E-state index in [2.05, 4.69) is 21.3 Å². The molecule has 0 aromatic carbocycles. The van der Waals surface area contributed by atoms with Gasteiger partial charge in [0.1, 0.15) is 23.7 Å². The number of fused-ring (bicyclic) bond motifs is 1. The van der Waals surface area contributed by atoms with Gasteiger partial charge in [0.25, 0.3) is 5.91 Å². The monoisotopic (exact) mass is 718 g/mol. The SMILES string of the molecule is C[C@H](NC(=O)OC(C)(C)C)C(=O)N1C[C@@H]2OC(C)(C)C[C@@H]2[C@H]1C(=O)N[C@H](CC1CC1)C(=O)C(=O)NCC(=O)N[C@H](C(=O)N(C)C)c1cccs1. The Morgan fingerprint density at radius 2 is 1.76 bits per heavy atom. The molecule has 3 heterocycles. The van der Waals surface area contributed by atoms with Gasteiger partial charge in [0.05, 0.1) is 24.3 Å². The van der Waals surface area contributed by atoms with E-state index in [9.17, 15) is 33.6 Å². The summed E-state index contributed by atoms with van der Waals surface area (Å²) in [4.78, 5) is 95.5. The highest BCUT2D eigenvalue weighted by Gasteiger charge is 2.56. The average molecular weight is 719 g/mol. The molecule has 6 atom stereocenters. The van der Waals surface area contributed by atoms with Crippen LogP contribution in [-0.4, -0.2) is 114 Å². The minimum atomic E-state index is -1.20. The van der Waals surface area contributed by atoms with Crippen molar-refractivity contribution in [3.8, 4) is 0 Å². The maximum absolute atomic E-state index is 14.0. The van der Waals surface area contributed by atoms with Crippen LogP contribution in [0.4, 0.5) is 4.79 Å². The number of alkyl carbamates (subject to hydrolysis) is 1. The first-order valence-electron chi connectivity index (χ1n) is 16.9. The number of likely N-dealkylation sites (tertiary alicyclic amines) is 1. The van der Waals surface area contributed by atoms with Gasteiger partial charge in [-0.3, -0.25) is 28.8 Å². The number of hydrogen-bond acceptors (Lipinski definition) is 10. The minimum absolute atomic E-state index is 0.102. The highest BCUT2D eigenvalue weighted by molar-refractivity contribution is 7.10. The molecule has 50 heavy (non-hydrogen) atoms. The first kappa shape index (κ1) is 38.7. The highest BCUT2D eigenvalue weighted by atomic mass is 32.1. The summed E-state index contributed by atoms with van der Waals surface area (Å²) in [7, 11) is 3.12. The number of ether oxygens (including phenoxy) is 2. The van der Waals surface area contributed by atoms with Crippen molar-refractivity contribution in [2.75, 3.05) is 27.2 Å². The lowest BCUT2D eigenvalue weighted by molar-refractivity contribution is -0.144. The third kappa shape index (κ3) is 10.0. The second-order valence-corrected chi connectivity index (χ2v) is 16.1. The van der Waals surface area contributed by atoms with Crippen LogP contribution in [0.2, 0.25) is 0 Å². The Kier molecular flexibility index (Phi) is 12.0. The first-order valence-corrected chi connectivity index (χ1v) is 17.8. The molecule has 0 spiro atoms. The lowest BCUT2D eigenvalue weighted by Gasteiger charge is -2.32. The van der Waals surface area contributed by atoms with Crippen molar-refractivity contribution in [3.05, 3.63) is 22.4 Å². The zero-order chi connectivity index (χ0) is 37.1. The Hall–Kier alpha value is -4.05. The Morgan fingerprint density at radius 3 is 2.34 bits per heavy atom. The van der Waals surface area contributed by atoms with Crippen molar-refractivity contribution in [2.45, 2.75) is 109 Å². The van der Waals surface area contributed by atoms with Crippen molar-refractivity contribution in [2.24, 2.45) is 11.8 Å². The van der Waals surface area contributed by atoms with Crippen LogP contribution >= 0.6 is 11.3 Å². The Labute approximate surface area is 296 Å². The van der Waals surface area contributed by atoms with E-state index < -0.39 is 89.4 Å². The normalized spacial score (nSPS) is 22.7. The smallest absolute Gasteiger partial charge is 0.408 e. The van der Waals surface area contributed by atoms with Crippen LogP contribution in [-0.2, 0) is 38.2 Å². The summed E-state index contributed by atoms with van der Waals surface area (Å²) in [6.45, 7) is 9.93. The molecule has 4 rings (SSSR count). The zero-order valence-corrected chi connectivity index (χ0v) is 30.8. The van der Waals surface area contributed by atoms with Crippen LogP contribution in [0.5, 0.6) is 0 Å². The van der Waals surface area contributed by atoms with E-state index in [4.69, 9.17) is 9.47 Å². The van der Waals surface area contributed by atoms with Crippen LogP contribution in [0.15, 0.2) is 17.5 Å². The number of rotatable bonds is 13. The molecule has 1 aromatic heterocycles. The van der Waals surface area contributed by atoms with Gasteiger partial charge in [-0.2, -0.15) is 0 Å². The molecular formula is C34H50N6O9S. The minimum Gasteiger partial charge on any atom is -0.444 e. The third-order valence-corrected chi connectivity index (χ3v) is 9.74. The molecule has 4 N–H and O–H groups in total. The maximum atomic E-state index is 14.0. The number of nitrogens with one attached hydrogen (secondary N) is 4. The van der Waals surface area contributed by atoms with Crippen LogP contribution in [0.25, 0.3) is 0 Å². The lowest BCUT2D eigenvalue weighted by atomic mass is 9.89. The number of thiophene rings is 1. The maximum Gasteiger partial charge on any atom is 0.408 e. The summed E-state index contributed by atoms with van der Waals surface area (Å²) >= 11 is 1.29. The van der Waals surface area contributed by atoms with Gasteiger partial charge < -0.3 is 40.5 Å². The molecular weight excluding hydrogens is 668 g/mol. The molecule has 1 saturated carbocycles. The number of amides is 6. The fraction of sp³-hybridized carbons (Fsp3) is 0.676. The number of likely N-dealkylation sites (N-methyl/N-ethyl adjacent to an activating group) is 1. The Morgan fingerprint density at radius 1 is 1.08 bits per heavy atom. The van der Waals surface area contributed by atoms with Crippen molar-refractivity contribution in [1.82, 2.24) is 31.1 Å². The van der Waals surface area contributed by atoms with Crippen molar-refractivity contribution in [1.29, 1.82) is 0 Å². The average Bonchev–Trinajstić information content (AvgIpc) is 3.38. The number of nitrogens with zero attached hydrogens (tertiary/aromatic N) is 2. The van der Waals surface area contributed by atoms with Gasteiger partial charge in [-0.25, -0.2) is 4.79 Å². The van der Waals surface area contributed by atoms with Gasteiger partial charge in [0.15, 0.2) is 0 Å². The number of hydrogen-bond donors (Lipinski definition) is 4. The number of carbonyl (C=O) groups excluding carboxylic acids is 7. The zero-order valence-electron chi connectivity index (χ0n) is 30.0. The molecule has 16 heteroatoms. The van der Waals surface area contributed by atoms with E-state index in [0.717, 1.165) is 12.8 Å². The molecule has 3 aliphatic rings. The standard InChI is InChI=1S/C34H50N6O9S/c1-18(36-32(47)49-33(2,3)4)30(45)40-17-22-20(15-34(5,6)48-22)26(40)28(43)37-21(14-19-11-12-19)27(42)29(44)35-16-24(41)38-25(31(46)39(7)8)23-10-9-13-50-23/h9-10,13,18-22,25-26H,11-12,14-17H2,1-8H3,(H,35,44)(H,36,47)(H,37,43)(H,38,41)/t18-,20-,21+,22-,25-,26-/m0/s1.